The van der Waals surface area contributed by atoms with Crippen LogP contribution < -0.4 is 16.4 Å². The van der Waals surface area contributed by atoms with E-state index in [0.717, 1.165) is 41.4 Å². The molecule has 8 heteroatoms. The van der Waals surface area contributed by atoms with Crippen molar-refractivity contribution in [3.05, 3.63) is 83.0 Å². The fourth-order valence-electron chi connectivity index (χ4n) is 5.13. The van der Waals surface area contributed by atoms with Crippen LogP contribution >= 0.6 is 11.8 Å². The first kappa shape index (κ1) is 26.3. The molecule has 0 aliphatic carbocycles. The summed E-state index contributed by atoms with van der Waals surface area (Å²) in [6, 6.07) is 19.1. The van der Waals surface area contributed by atoms with E-state index in [0.29, 0.717) is 29.4 Å². The Labute approximate surface area is 229 Å². The highest BCUT2D eigenvalue weighted by Crippen LogP contribution is 2.38. The van der Waals surface area contributed by atoms with Crippen molar-refractivity contribution >= 4 is 23.4 Å². The third-order valence-corrected chi connectivity index (χ3v) is 8.46. The Kier molecular flexibility index (Phi) is 7.45. The van der Waals surface area contributed by atoms with Crippen molar-refractivity contribution in [2.45, 2.75) is 62.5 Å². The van der Waals surface area contributed by atoms with Gasteiger partial charge in [-0.3, -0.25) is 4.79 Å². The van der Waals surface area contributed by atoms with E-state index in [1.54, 1.807) is 11.8 Å². The lowest BCUT2D eigenvalue weighted by molar-refractivity contribution is -0.124. The zero-order valence-electron chi connectivity index (χ0n) is 22.5. The summed E-state index contributed by atoms with van der Waals surface area (Å²) in [5, 5.41) is 7.53. The van der Waals surface area contributed by atoms with E-state index in [1.807, 2.05) is 36.7 Å². The van der Waals surface area contributed by atoms with Gasteiger partial charge in [-0.15, -0.1) is 0 Å². The summed E-state index contributed by atoms with van der Waals surface area (Å²) in [6.07, 6.45) is 2.39. The molecule has 0 saturated carbocycles. The van der Waals surface area contributed by atoms with Gasteiger partial charge in [0, 0.05) is 30.7 Å². The standard InChI is InChI=1S/C30H36N6OS/c1-5-30(28(31)37,25-15-23(13-8-20(25)4)33-24-16-32-17-24)36-14-6-7-26-27(36)35-29(34-26)38-18-21-9-11-22(12-10-21)19(2)3/h6-15,19,24,32-33H,5,16-18H2,1-4H3,(H2,31,37). The molecule has 1 unspecified atom stereocenters. The Bertz CT molecular complexity index is 1390. The minimum atomic E-state index is -1.10. The molecule has 4 N–H and O–H groups in total. The van der Waals surface area contributed by atoms with Crippen molar-refractivity contribution < 1.29 is 4.79 Å². The van der Waals surface area contributed by atoms with E-state index in [1.165, 1.54) is 11.1 Å². The van der Waals surface area contributed by atoms with Crippen LogP contribution in [-0.4, -0.2) is 39.6 Å². The summed E-state index contributed by atoms with van der Waals surface area (Å²) in [6.45, 7) is 10.3. The van der Waals surface area contributed by atoms with Crippen molar-refractivity contribution in [2.24, 2.45) is 5.73 Å². The van der Waals surface area contributed by atoms with Gasteiger partial charge in [-0.05, 0) is 65.8 Å². The number of primary amides is 1. The molecule has 1 saturated heterocycles. The van der Waals surface area contributed by atoms with Crippen molar-refractivity contribution in [1.29, 1.82) is 0 Å². The smallest absolute Gasteiger partial charge is 0.248 e. The average Bonchev–Trinajstić information content (AvgIpc) is 3.31. The fraction of sp³-hybridized carbons (Fsp3) is 0.367. The topological polar surface area (TPSA) is 97.9 Å². The molecule has 3 aliphatic rings. The number of hydrogen-bond donors (Lipinski definition) is 3. The number of hydrogen-bond acceptors (Lipinski definition) is 6. The first-order valence-corrected chi connectivity index (χ1v) is 14.3. The quantitative estimate of drug-likeness (QED) is 0.247. The van der Waals surface area contributed by atoms with Crippen LogP contribution in [0.15, 0.2) is 66.0 Å². The average molecular weight is 529 g/mol. The number of imidazole rings is 1. The van der Waals surface area contributed by atoms with Crippen LogP contribution in [-0.2, 0) is 16.1 Å². The Morgan fingerprint density at radius 1 is 1.18 bits per heavy atom. The van der Waals surface area contributed by atoms with E-state index in [9.17, 15) is 4.79 Å². The maximum atomic E-state index is 13.4. The van der Waals surface area contributed by atoms with E-state index in [2.05, 4.69) is 66.9 Å². The minimum absolute atomic E-state index is 0.383. The summed E-state index contributed by atoms with van der Waals surface area (Å²) >= 11 is 1.60. The summed E-state index contributed by atoms with van der Waals surface area (Å²) in [4.78, 5) is 23.1. The maximum Gasteiger partial charge on any atom is 0.248 e. The Morgan fingerprint density at radius 2 is 1.95 bits per heavy atom. The molecule has 5 rings (SSSR count). The van der Waals surface area contributed by atoms with Gasteiger partial charge in [-0.1, -0.05) is 62.9 Å². The molecule has 1 atom stereocenters. The normalized spacial score (nSPS) is 15.4. The van der Waals surface area contributed by atoms with Crippen LogP contribution in [0, 0.1) is 6.92 Å². The Morgan fingerprint density at radius 3 is 2.58 bits per heavy atom. The molecule has 1 amide bonds. The Balaban J connectivity index is 1.50. The number of benzene rings is 2. The predicted molar refractivity (Wildman–Crippen MR) is 155 cm³/mol. The number of aryl methyl sites for hydroxylation is 1. The zero-order chi connectivity index (χ0) is 26.9. The third kappa shape index (κ3) is 4.90. The predicted octanol–water partition coefficient (Wildman–Crippen LogP) is 5.13. The van der Waals surface area contributed by atoms with E-state index < -0.39 is 11.4 Å². The first-order valence-electron chi connectivity index (χ1n) is 13.3. The number of fused-ring (bicyclic) bond motifs is 1. The molecular weight excluding hydrogens is 492 g/mol. The van der Waals surface area contributed by atoms with Crippen LogP contribution in [0.5, 0.6) is 0 Å². The van der Waals surface area contributed by atoms with Gasteiger partial charge < -0.3 is 20.9 Å². The summed E-state index contributed by atoms with van der Waals surface area (Å²) < 4.78 is 1.93. The lowest BCUT2D eigenvalue weighted by Gasteiger charge is -2.36. The summed E-state index contributed by atoms with van der Waals surface area (Å²) in [5.41, 5.74) is 11.3. The number of aromatic nitrogens is 3. The van der Waals surface area contributed by atoms with Gasteiger partial charge in [-0.25, -0.2) is 9.97 Å². The number of carbonyl (C=O) groups excluding carboxylic acids is 1. The molecular formula is C30H36N6OS. The molecule has 198 valence electrons. The number of carbonyl (C=O) groups is 1. The van der Waals surface area contributed by atoms with E-state index >= 15 is 0 Å². The second-order valence-electron chi connectivity index (χ2n) is 10.4. The molecule has 38 heavy (non-hydrogen) atoms. The number of thioether (sulfide) groups is 1. The number of nitrogens with zero attached hydrogens (tertiary/aromatic N) is 3. The number of nitrogens with two attached hydrogens (primary N) is 1. The van der Waals surface area contributed by atoms with Crippen LogP contribution in [0.1, 0.15) is 55.4 Å². The third-order valence-electron chi connectivity index (χ3n) is 7.54. The minimum Gasteiger partial charge on any atom is -0.380 e. The molecule has 1 fully saturated rings. The van der Waals surface area contributed by atoms with Gasteiger partial charge in [0.15, 0.2) is 11.0 Å². The second-order valence-corrected chi connectivity index (χ2v) is 11.3. The number of amides is 1. The number of rotatable bonds is 10. The van der Waals surface area contributed by atoms with Gasteiger partial charge in [0.1, 0.15) is 11.2 Å². The molecule has 2 aromatic rings. The number of pyridine rings is 1. The zero-order valence-corrected chi connectivity index (χ0v) is 23.3. The van der Waals surface area contributed by atoms with Crippen LogP contribution in [0.3, 0.4) is 0 Å². The van der Waals surface area contributed by atoms with Gasteiger partial charge in [-0.2, -0.15) is 0 Å². The molecule has 3 heterocycles. The van der Waals surface area contributed by atoms with E-state index in [-0.39, 0.29) is 0 Å². The molecule has 0 aromatic heterocycles. The van der Waals surface area contributed by atoms with Gasteiger partial charge >= 0.3 is 0 Å². The molecule has 3 aliphatic heterocycles. The first-order chi connectivity index (χ1) is 18.3. The summed E-state index contributed by atoms with van der Waals surface area (Å²) in [5.74, 6) is 1.53. The van der Waals surface area contributed by atoms with Crippen LogP contribution in [0.25, 0.3) is 11.5 Å². The number of anilines is 1. The van der Waals surface area contributed by atoms with E-state index in [4.69, 9.17) is 15.7 Å². The Hall–Kier alpha value is -3.36. The van der Waals surface area contributed by atoms with Crippen LogP contribution in [0.2, 0.25) is 0 Å². The molecule has 2 aromatic carbocycles. The van der Waals surface area contributed by atoms with Crippen molar-refractivity contribution in [3.8, 4) is 11.5 Å². The monoisotopic (exact) mass is 528 g/mol. The van der Waals surface area contributed by atoms with Gasteiger partial charge in [0.2, 0.25) is 5.91 Å². The van der Waals surface area contributed by atoms with Crippen LogP contribution in [0.4, 0.5) is 5.69 Å². The highest BCUT2D eigenvalue weighted by Gasteiger charge is 2.42. The highest BCUT2D eigenvalue weighted by atomic mass is 32.2. The van der Waals surface area contributed by atoms with Gasteiger partial charge in [0.05, 0.1) is 6.04 Å². The summed E-state index contributed by atoms with van der Waals surface area (Å²) in [7, 11) is 0. The van der Waals surface area contributed by atoms with Crippen molar-refractivity contribution in [2.75, 3.05) is 18.4 Å². The molecule has 0 bridgehead atoms. The van der Waals surface area contributed by atoms with Gasteiger partial charge in [0.25, 0.3) is 0 Å². The largest absolute Gasteiger partial charge is 0.380 e. The SMILES string of the molecule is CCC(C(N)=O)(c1cc(NC2CNC2)ccc1C)n1cccc2nc(SCc3ccc(C(C)C)cc3)nc1-2. The maximum absolute atomic E-state index is 13.4. The second kappa shape index (κ2) is 10.8. The lowest BCUT2D eigenvalue weighted by atomic mass is 9.82. The van der Waals surface area contributed by atoms with Crippen molar-refractivity contribution in [1.82, 2.24) is 19.9 Å². The molecule has 0 radical (unpaired) electrons. The lowest BCUT2D eigenvalue weighted by Crippen LogP contribution is -2.51. The number of nitrogens with one attached hydrogen (secondary N) is 2. The molecule has 0 spiro atoms. The fourth-order valence-corrected chi connectivity index (χ4v) is 5.93. The van der Waals surface area contributed by atoms with Crippen molar-refractivity contribution in [3.63, 3.8) is 0 Å². The highest BCUT2D eigenvalue weighted by molar-refractivity contribution is 7.98. The molecule has 7 nitrogen and oxygen atoms in total.